The molecule has 0 aliphatic heterocycles. The number of carbonyl (C=O) groups excluding carboxylic acids is 4. The first-order chi connectivity index (χ1) is 35.2. The van der Waals surface area contributed by atoms with E-state index in [4.69, 9.17) is 9.47 Å². The van der Waals surface area contributed by atoms with E-state index in [9.17, 15) is 19.2 Å². The first-order valence-corrected chi connectivity index (χ1v) is 26.8. The van der Waals surface area contributed by atoms with Crippen LogP contribution in [0.2, 0.25) is 0 Å². The minimum Gasteiger partial charge on any atom is -0.463 e. The Kier molecular flexibility index (Phi) is 29.5. The Hall–Kier alpha value is -6.30. The molecule has 0 bridgehead atoms. The van der Waals surface area contributed by atoms with E-state index in [1.165, 1.54) is 59.1 Å². The molecule has 0 aliphatic rings. The minimum absolute atomic E-state index is 0.0488. The van der Waals surface area contributed by atoms with E-state index in [2.05, 4.69) is 181 Å². The van der Waals surface area contributed by atoms with Crippen molar-refractivity contribution in [3.63, 3.8) is 0 Å². The topological polar surface area (TPSA) is 154 Å². The molecule has 2 N–H and O–H groups in total. The van der Waals surface area contributed by atoms with Gasteiger partial charge in [0.2, 0.25) is 0 Å². The molecular formula is C62H90N4O8. The van der Waals surface area contributed by atoms with Crippen molar-refractivity contribution in [3.8, 4) is 0 Å². The summed E-state index contributed by atoms with van der Waals surface area (Å²) in [6.45, 7) is 27.8. The van der Waals surface area contributed by atoms with Gasteiger partial charge in [-0.25, -0.2) is 9.59 Å². The first kappa shape index (κ1) is 63.8. The molecule has 0 heterocycles. The highest BCUT2D eigenvalue weighted by Crippen LogP contribution is 2.39. The highest BCUT2D eigenvalue weighted by molar-refractivity contribution is 5.82. The highest BCUT2D eigenvalue weighted by atomic mass is 16.7. The summed E-state index contributed by atoms with van der Waals surface area (Å²) in [5.74, 6) is 1.55. The number of amides is 2. The van der Waals surface area contributed by atoms with Gasteiger partial charge < -0.3 is 20.1 Å². The number of ether oxygens (including phenoxy) is 2. The molecule has 4 aromatic carbocycles. The molecule has 0 saturated carbocycles. The summed E-state index contributed by atoms with van der Waals surface area (Å²) < 4.78 is 10.6. The monoisotopic (exact) mass is 1020 g/mol. The van der Waals surface area contributed by atoms with Crippen LogP contribution in [0.5, 0.6) is 0 Å². The van der Waals surface area contributed by atoms with E-state index in [0.717, 1.165) is 0 Å². The summed E-state index contributed by atoms with van der Waals surface area (Å²) >= 11 is 0. The Morgan fingerprint density at radius 2 is 0.959 bits per heavy atom. The van der Waals surface area contributed by atoms with Crippen LogP contribution < -0.4 is 10.6 Å². The van der Waals surface area contributed by atoms with Crippen LogP contribution in [0.1, 0.15) is 192 Å². The summed E-state index contributed by atoms with van der Waals surface area (Å²) in [4.78, 5) is 57.9. The Morgan fingerprint density at radius 3 is 1.41 bits per heavy atom. The summed E-state index contributed by atoms with van der Waals surface area (Å²) in [6.07, 6.45) is 5.30. The van der Waals surface area contributed by atoms with Gasteiger partial charge in [0, 0.05) is 0 Å². The number of nitrogens with zero attached hydrogens (tertiary/aromatic N) is 2. The highest BCUT2D eigenvalue weighted by Gasteiger charge is 2.43. The van der Waals surface area contributed by atoms with Gasteiger partial charge >= 0.3 is 24.1 Å². The second-order valence-corrected chi connectivity index (χ2v) is 20.2. The Bertz CT molecular complexity index is 2330. The number of hydrogen-bond acceptors (Lipinski definition) is 10. The molecule has 0 aliphatic carbocycles. The van der Waals surface area contributed by atoms with E-state index in [0.29, 0.717) is 54.4 Å². The van der Waals surface area contributed by atoms with Crippen molar-refractivity contribution in [2.24, 2.45) is 21.1 Å². The number of hydrogen-bond donors (Lipinski definition) is 2. The summed E-state index contributed by atoms with van der Waals surface area (Å²) in [6, 6.07) is 39.4. The molecule has 12 nitrogen and oxygen atoms in total. The quantitative estimate of drug-likeness (QED) is 0.0219. The standard InChI is InChI=1S/C24H42N4O8.C20H26.C18H22/c1-9-17(4)27-35-21(31)25-12-14-33-19(29)23(6,7)16-24(8,11-3)20(30)34-15-13-26-22(32)36-28-18(5)10-2;1-5-18(20-13-9-7-11-16(20)3)14-17(4)19-12-8-6-10-15(19)2;1-3-16(18-12-8-5-9-13-18)14-15(2)17-10-6-4-7-11-17/h9-16H2,1-8H3,(H,25,31)(H,26,32);6-13,17-18H,5,14H2,1-4H3;4-13,15-16H,3,14H2,1-2H3. The van der Waals surface area contributed by atoms with Crippen molar-refractivity contribution < 1.29 is 38.3 Å². The summed E-state index contributed by atoms with van der Waals surface area (Å²) in [7, 11) is 0. The second-order valence-electron chi connectivity index (χ2n) is 20.2. The fraction of sp³-hybridized carbons (Fsp3) is 0.516. The second kappa shape index (κ2) is 34.2. The lowest BCUT2D eigenvalue weighted by Gasteiger charge is -2.33. The molecule has 0 fully saturated rings. The van der Waals surface area contributed by atoms with Crippen molar-refractivity contribution in [1.29, 1.82) is 0 Å². The number of carbonyl (C=O) groups is 4. The average molecular weight is 1020 g/mol. The number of aryl methyl sites for hydroxylation is 2. The molecule has 5 unspecified atom stereocenters. The van der Waals surface area contributed by atoms with Gasteiger partial charge in [-0.15, -0.1) is 0 Å². The van der Waals surface area contributed by atoms with E-state index >= 15 is 0 Å². The van der Waals surface area contributed by atoms with Crippen LogP contribution in [0.15, 0.2) is 120 Å². The van der Waals surface area contributed by atoms with Gasteiger partial charge in [0.05, 0.1) is 35.3 Å². The average Bonchev–Trinajstić information content (AvgIpc) is 3.41. The molecule has 2 amide bonds. The molecule has 0 aromatic heterocycles. The molecule has 74 heavy (non-hydrogen) atoms. The third-order valence-electron chi connectivity index (χ3n) is 13.7. The maximum Gasteiger partial charge on any atom is 0.433 e. The Labute approximate surface area is 444 Å². The van der Waals surface area contributed by atoms with Gasteiger partial charge in [0.25, 0.3) is 0 Å². The number of benzene rings is 4. The van der Waals surface area contributed by atoms with Crippen LogP contribution in [0, 0.1) is 24.7 Å². The molecule has 0 spiro atoms. The van der Waals surface area contributed by atoms with Crippen LogP contribution in [0.4, 0.5) is 9.59 Å². The van der Waals surface area contributed by atoms with Crippen molar-refractivity contribution in [1.82, 2.24) is 10.6 Å². The third kappa shape index (κ3) is 23.3. The normalized spacial score (nSPS) is 13.9. The lowest BCUT2D eigenvalue weighted by molar-refractivity contribution is -0.163. The van der Waals surface area contributed by atoms with Crippen LogP contribution >= 0.6 is 0 Å². The molecule has 0 saturated heterocycles. The number of esters is 2. The predicted octanol–water partition coefficient (Wildman–Crippen LogP) is 15.3. The number of nitrogens with one attached hydrogen (secondary N) is 2. The largest absolute Gasteiger partial charge is 0.463 e. The molecule has 12 heteroatoms. The van der Waals surface area contributed by atoms with Gasteiger partial charge in [-0.2, -0.15) is 0 Å². The van der Waals surface area contributed by atoms with Crippen molar-refractivity contribution >= 4 is 35.5 Å². The maximum absolute atomic E-state index is 12.7. The van der Waals surface area contributed by atoms with E-state index in [1.54, 1.807) is 34.6 Å². The molecule has 4 aromatic rings. The summed E-state index contributed by atoms with van der Waals surface area (Å²) in [5, 5.41) is 12.2. The number of oxime groups is 2. The third-order valence-corrected chi connectivity index (χ3v) is 13.7. The molecular weight excluding hydrogens is 929 g/mol. The Balaban J connectivity index is 0.000000412. The molecule has 406 valence electrons. The van der Waals surface area contributed by atoms with Crippen molar-refractivity contribution in [3.05, 3.63) is 143 Å². The summed E-state index contributed by atoms with van der Waals surface area (Å²) in [5.41, 5.74) is 8.18. The van der Waals surface area contributed by atoms with Crippen LogP contribution in [-0.4, -0.2) is 61.9 Å². The smallest absolute Gasteiger partial charge is 0.433 e. The predicted molar refractivity (Wildman–Crippen MR) is 302 cm³/mol. The molecule has 4 rings (SSSR count). The zero-order valence-corrected chi connectivity index (χ0v) is 47.3. The van der Waals surface area contributed by atoms with Crippen molar-refractivity contribution in [2.45, 2.75) is 172 Å². The van der Waals surface area contributed by atoms with Gasteiger partial charge in [0.15, 0.2) is 0 Å². The maximum atomic E-state index is 12.7. The van der Waals surface area contributed by atoms with Gasteiger partial charge in [-0.05, 0) is 157 Å². The molecule has 0 radical (unpaired) electrons. The van der Waals surface area contributed by atoms with Gasteiger partial charge in [0.1, 0.15) is 13.2 Å². The van der Waals surface area contributed by atoms with E-state index in [-0.39, 0.29) is 32.7 Å². The zero-order valence-electron chi connectivity index (χ0n) is 47.3. The first-order valence-electron chi connectivity index (χ1n) is 26.8. The van der Waals surface area contributed by atoms with E-state index in [1.807, 2.05) is 20.8 Å². The fourth-order valence-corrected chi connectivity index (χ4v) is 8.64. The van der Waals surface area contributed by atoms with Gasteiger partial charge in [-0.1, -0.05) is 168 Å². The SMILES string of the molecule is CCC(C)=NOC(=O)NCCOC(=O)C(C)(C)CC(C)(CC)C(=O)OCCNC(=O)ON=C(C)CC.CCC(CC(C)c1ccccc1)c1ccccc1.CCC(CC(C)c1ccccc1C)c1ccccc1C. The minimum atomic E-state index is -0.996. The van der Waals surface area contributed by atoms with Crippen LogP contribution in [0.25, 0.3) is 0 Å². The van der Waals surface area contributed by atoms with Gasteiger partial charge in [-0.3, -0.25) is 19.3 Å². The van der Waals surface area contributed by atoms with Crippen molar-refractivity contribution in [2.75, 3.05) is 26.3 Å². The number of rotatable bonds is 25. The Morgan fingerprint density at radius 1 is 0.541 bits per heavy atom. The van der Waals surface area contributed by atoms with E-state index < -0.39 is 35.0 Å². The lowest BCUT2D eigenvalue weighted by atomic mass is 9.72. The lowest BCUT2D eigenvalue weighted by Crippen LogP contribution is -2.40. The van der Waals surface area contributed by atoms with Crippen LogP contribution in [0.3, 0.4) is 0 Å². The fourth-order valence-electron chi connectivity index (χ4n) is 8.64. The molecule has 5 atom stereocenters. The van der Waals surface area contributed by atoms with Crippen LogP contribution in [-0.2, 0) is 28.7 Å². The zero-order chi connectivity index (χ0) is 55.1.